The predicted octanol–water partition coefficient (Wildman–Crippen LogP) is 1.75. The lowest BCUT2D eigenvalue weighted by Crippen LogP contribution is -2.44. The Morgan fingerprint density at radius 3 is 2.92 bits per heavy atom. The summed E-state index contributed by atoms with van der Waals surface area (Å²) in [4.78, 5) is 6.19. The first-order valence-corrected chi connectivity index (χ1v) is 9.06. The van der Waals surface area contributed by atoms with E-state index in [4.69, 9.17) is 9.47 Å². The van der Waals surface area contributed by atoms with Crippen molar-refractivity contribution < 1.29 is 13.9 Å². The van der Waals surface area contributed by atoms with Crippen LogP contribution in [0, 0.1) is 5.82 Å². The zero-order valence-corrected chi connectivity index (χ0v) is 16.2. The molecule has 0 spiro atoms. The highest BCUT2D eigenvalue weighted by Gasteiger charge is 2.17. The van der Waals surface area contributed by atoms with E-state index in [1.54, 1.807) is 13.1 Å². The highest BCUT2D eigenvalue weighted by Crippen LogP contribution is 2.12. The molecule has 26 heavy (non-hydrogen) atoms. The molecule has 1 heterocycles. The molecule has 7 heteroatoms. The Kier molecular flexibility index (Phi) is 8.28. The minimum absolute atomic E-state index is 0.124. The topological polar surface area (TPSA) is 58.1 Å². The van der Waals surface area contributed by atoms with Crippen LogP contribution in [-0.2, 0) is 22.6 Å². The zero-order chi connectivity index (χ0) is 18.9. The van der Waals surface area contributed by atoms with E-state index in [0.29, 0.717) is 37.8 Å². The Labute approximate surface area is 155 Å². The molecule has 0 radical (unpaired) electrons. The Morgan fingerprint density at radius 2 is 2.27 bits per heavy atom. The number of rotatable bonds is 8. The van der Waals surface area contributed by atoms with E-state index in [1.165, 1.54) is 6.07 Å². The van der Waals surface area contributed by atoms with Crippen LogP contribution in [0.1, 0.15) is 24.5 Å². The number of hydrogen-bond acceptors (Lipinski definition) is 4. The molecule has 2 atom stereocenters. The molecule has 0 aromatic heterocycles. The van der Waals surface area contributed by atoms with Crippen molar-refractivity contribution in [3.05, 3.63) is 35.1 Å². The highest BCUT2D eigenvalue weighted by atomic mass is 19.1. The van der Waals surface area contributed by atoms with Crippen molar-refractivity contribution in [3.8, 4) is 0 Å². The molecule has 1 aromatic carbocycles. The van der Waals surface area contributed by atoms with Crippen molar-refractivity contribution in [1.29, 1.82) is 0 Å². The molecule has 0 saturated carbocycles. The van der Waals surface area contributed by atoms with Crippen molar-refractivity contribution in [2.24, 2.45) is 4.99 Å². The fourth-order valence-electron chi connectivity index (χ4n) is 2.78. The van der Waals surface area contributed by atoms with Gasteiger partial charge >= 0.3 is 0 Å². The number of ether oxygens (including phenoxy) is 2. The third-order valence-electron chi connectivity index (χ3n) is 4.13. The maximum Gasteiger partial charge on any atom is 0.191 e. The minimum Gasteiger partial charge on any atom is -0.379 e. The third kappa shape index (κ3) is 6.90. The summed E-state index contributed by atoms with van der Waals surface area (Å²) in [5.74, 6) is 0.522. The van der Waals surface area contributed by atoms with Crippen molar-refractivity contribution in [1.82, 2.24) is 15.5 Å². The molecule has 0 aliphatic carbocycles. The van der Waals surface area contributed by atoms with Crippen LogP contribution in [0.2, 0.25) is 0 Å². The van der Waals surface area contributed by atoms with Gasteiger partial charge in [0.05, 0.1) is 19.3 Å². The molecule has 1 saturated heterocycles. The SMILES string of the molecule is CN=C(NCc1ccc(F)c(CN(C)C)c1)NC(C)COC1CCOC1. The quantitative estimate of drug-likeness (QED) is 0.542. The van der Waals surface area contributed by atoms with Crippen LogP contribution in [0.5, 0.6) is 0 Å². The van der Waals surface area contributed by atoms with Gasteiger partial charge in [0.15, 0.2) is 5.96 Å². The minimum atomic E-state index is -0.174. The molecule has 2 unspecified atom stereocenters. The summed E-state index contributed by atoms with van der Waals surface area (Å²) in [5.41, 5.74) is 1.70. The molecule has 146 valence electrons. The second-order valence-corrected chi connectivity index (χ2v) is 6.95. The van der Waals surface area contributed by atoms with Crippen LogP contribution in [0.3, 0.4) is 0 Å². The Morgan fingerprint density at radius 1 is 1.46 bits per heavy atom. The van der Waals surface area contributed by atoms with E-state index in [1.807, 2.05) is 25.1 Å². The van der Waals surface area contributed by atoms with Crippen LogP contribution in [0.25, 0.3) is 0 Å². The van der Waals surface area contributed by atoms with Crippen LogP contribution >= 0.6 is 0 Å². The van der Waals surface area contributed by atoms with Crippen molar-refractivity contribution in [2.45, 2.75) is 38.6 Å². The first kappa shape index (κ1) is 20.6. The van der Waals surface area contributed by atoms with E-state index < -0.39 is 0 Å². The van der Waals surface area contributed by atoms with Gasteiger partial charge in [0.25, 0.3) is 0 Å². The van der Waals surface area contributed by atoms with Gasteiger partial charge in [-0.25, -0.2) is 4.39 Å². The van der Waals surface area contributed by atoms with Crippen molar-refractivity contribution in [3.63, 3.8) is 0 Å². The van der Waals surface area contributed by atoms with E-state index in [9.17, 15) is 4.39 Å². The summed E-state index contributed by atoms with van der Waals surface area (Å²) in [6.07, 6.45) is 1.16. The van der Waals surface area contributed by atoms with Gasteiger partial charge in [-0.1, -0.05) is 6.07 Å². The summed E-state index contributed by atoms with van der Waals surface area (Å²) in [7, 11) is 5.59. The van der Waals surface area contributed by atoms with Crippen LogP contribution in [-0.4, -0.2) is 64.0 Å². The van der Waals surface area contributed by atoms with E-state index in [2.05, 4.69) is 22.5 Å². The number of aliphatic imine (C=N–C) groups is 1. The largest absolute Gasteiger partial charge is 0.379 e. The number of guanidine groups is 1. The first-order valence-electron chi connectivity index (χ1n) is 9.06. The molecule has 2 N–H and O–H groups in total. The Bertz CT molecular complexity index is 589. The van der Waals surface area contributed by atoms with Crippen molar-refractivity contribution >= 4 is 5.96 Å². The second kappa shape index (κ2) is 10.4. The van der Waals surface area contributed by atoms with E-state index in [0.717, 1.165) is 18.6 Å². The smallest absolute Gasteiger partial charge is 0.191 e. The molecule has 0 bridgehead atoms. The van der Waals surface area contributed by atoms with E-state index in [-0.39, 0.29) is 18.0 Å². The van der Waals surface area contributed by atoms with Crippen LogP contribution in [0.4, 0.5) is 4.39 Å². The molecule has 0 amide bonds. The third-order valence-corrected chi connectivity index (χ3v) is 4.13. The summed E-state index contributed by atoms with van der Waals surface area (Å²) in [6, 6.07) is 5.33. The van der Waals surface area contributed by atoms with Gasteiger partial charge in [0.2, 0.25) is 0 Å². The number of halogens is 1. The van der Waals surface area contributed by atoms with Gasteiger partial charge in [0.1, 0.15) is 5.82 Å². The fraction of sp³-hybridized carbons (Fsp3) is 0.632. The molecule has 1 fully saturated rings. The molecule has 6 nitrogen and oxygen atoms in total. The highest BCUT2D eigenvalue weighted by molar-refractivity contribution is 5.79. The van der Waals surface area contributed by atoms with Gasteiger partial charge < -0.3 is 25.0 Å². The molecule has 1 aromatic rings. The van der Waals surface area contributed by atoms with Gasteiger partial charge in [0, 0.05) is 38.3 Å². The van der Waals surface area contributed by atoms with Crippen molar-refractivity contribution in [2.75, 3.05) is 41.0 Å². The number of benzene rings is 1. The zero-order valence-electron chi connectivity index (χ0n) is 16.2. The lowest BCUT2D eigenvalue weighted by Gasteiger charge is -2.20. The lowest BCUT2D eigenvalue weighted by atomic mass is 10.1. The standard InChI is InChI=1S/C19H31FN4O2/c1-14(12-26-17-7-8-25-13-17)23-19(21-2)22-10-15-5-6-18(20)16(9-15)11-24(3)4/h5-6,9,14,17H,7-8,10-13H2,1-4H3,(H2,21,22,23). The number of hydrogen-bond donors (Lipinski definition) is 2. The average molecular weight is 366 g/mol. The normalized spacial score (nSPS) is 19.0. The predicted molar refractivity (Wildman–Crippen MR) is 102 cm³/mol. The molecule has 2 rings (SSSR count). The average Bonchev–Trinajstić information content (AvgIpc) is 3.12. The van der Waals surface area contributed by atoms with Gasteiger partial charge in [-0.05, 0) is 45.1 Å². The van der Waals surface area contributed by atoms with Gasteiger partial charge in [-0.3, -0.25) is 4.99 Å². The summed E-state index contributed by atoms with van der Waals surface area (Å²) >= 11 is 0. The number of nitrogens with one attached hydrogen (secondary N) is 2. The number of nitrogens with zero attached hydrogens (tertiary/aromatic N) is 2. The Balaban J connectivity index is 1.80. The van der Waals surface area contributed by atoms with Gasteiger partial charge in [-0.2, -0.15) is 0 Å². The van der Waals surface area contributed by atoms with E-state index >= 15 is 0 Å². The monoisotopic (exact) mass is 366 g/mol. The molecular weight excluding hydrogens is 335 g/mol. The summed E-state index contributed by atoms with van der Waals surface area (Å²) in [5, 5.41) is 6.58. The van der Waals surface area contributed by atoms with Crippen LogP contribution in [0.15, 0.2) is 23.2 Å². The molecule has 1 aliphatic rings. The summed E-state index contributed by atoms with van der Waals surface area (Å²) < 4.78 is 25.0. The fourth-order valence-corrected chi connectivity index (χ4v) is 2.78. The molecular formula is C19H31FN4O2. The lowest BCUT2D eigenvalue weighted by molar-refractivity contribution is 0.0347. The van der Waals surface area contributed by atoms with Crippen LogP contribution < -0.4 is 10.6 Å². The Hall–Kier alpha value is -1.70. The van der Waals surface area contributed by atoms with Gasteiger partial charge in [-0.15, -0.1) is 0 Å². The summed E-state index contributed by atoms with van der Waals surface area (Å²) in [6.45, 7) is 5.26. The first-order chi connectivity index (χ1) is 12.5. The maximum atomic E-state index is 13.9. The second-order valence-electron chi connectivity index (χ2n) is 6.95. The molecule has 1 aliphatic heterocycles. The maximum absolute atomic E-state index is 13.9.